The van der Waals surface area contributed by atoms with Gasteiger partial charge >= 0.3 is 12.1 Å². The van der Waals surface area contributed by atoms with Crippen molar-refractivity contribution in [3.05, 3.63) is 52.0 Å². The molecule has 11 nitrogen and oxygen atoms in total. The molecule has 3 aromatic rings. The molecule has 2 heterocycles. The fourth-order valence-corrected chi connectivity index (χ4v) is 5.94. The van der Waals surface area contributed by atoms with Gasteiger partial charge in [-0.1, -0.05) is 12.1 Å². The highest BCUT2D eigenvalue weighted by atomic mass is 32.2. The molecule has 3 rings (SSSR count). The van der Waals surface area contributed by atoms with Crippen LogP contribution in [0.2, 0.25) is 0 Å². The molecule has 0 spiro atoms. The van der Waals surface area contributed by atoms with Crippen LogP contribution in [0.5, 0.6) is 5.75 Å². The summed E-state index contributed by atoms with van der Waals surface area (Å²) >= 11 is 0.757. The van der Waals surface area contributed by atoms with E-state index >= 15 is 0 Å². The van der Waals surface area contributed by atoms with E-state index in [0.29, 0.717) is 6.07 Å². The number of methoxy groups -OCH3 is 1. The number of amides is 2. The molecular formula is C25H25F3N4O7S2. The second-order valence-electron chi connectivity index (χ2n) is 8.43. The first-order valence-corrected chi connectivity index (χ1v) is 14.4. The Balaban J connectivity index is 1.82. The number of thiophene rings is 1. The average Bonchev–Trinajstić information content (AvgIpc) is 3.23. The maximum atomic E-state index is 13.6. The van der Waals surface area contributed by atoms with Gasteiger partial charge in [0.2, 0.25) is 20.9 Å². The monoisotopic (exact) mass is 614 g/mol. The number of esters is 1. The summed E-state index contributed by atoms with van der Waals surface area (Å²) in [7, 11) is -3.18. The quantitative estimate of drug-likeness (QED) is 0.240. The van der Waals surface area contributed by atoms with Crippen LogP contribution in [0.15, 0.2) is 35.5 Å². The van der Waals surface area contributed by atoms with Crippen LogP contribution < -0.4 is 15.8 Å². The molecular weight excluding hydrogens is 589 g/mol. The van der Waals surface area contributed by atoms with Gasteiger partial charge in [-0.25, -0.2) is 23.2 Å². The van der Waals surface area contributed by atoms with Crippen LogP contribution in [-0.2, 0) is 25.5 Å². The first kappa shape index (κ1) is 31.5. The number of halogens is 3. The fraction of sp³-hybridized carbons (Fsp3) is 0.320. The maximum absolute atomic E-state index is 13.6. The minimum Gasteiger partial charge on any atom is -0.496 e. The van der Waals surface area contributed by atoms with Crippen molar-refractivity contribution in [3.8, 4) is 17.0 Å². The predicted molar refractivity (Wildman–Crippen MR) is 142 cm³/mol. The molecule has 2 amide bonds. The van der Waals surface area contributed by atoms with E-state index in [-0.39, 0.29) is 51.0 Å². The molecule has 16 heteroatoms. The first-order chi connectivity index (χ1) is 19.2. The number of benzene rings is 1. The van der Waals surface area contributed by atoms with Crippen molar-refractivity contribution in [2.45, 2.75) is 38.0 Å². The first-order valence-electron chi connectivity index (χ1n) is 11.9. The van der Waals surface area contributed by atoms with E-state index in [0.717, 1.165) is 11.3 Å². The van der Waals surface area contributed by atoms with E-state index in [4.69, 9.17) is 15.2 Å². The normalized spacial score (nSPS) is 11.7. The molecule has 0 aliphatic rings. The maximum Gasteiger partial charge on any atom is 0.433 e. The molecule has 0 atom stereocenters. The van der Waals surface area contributed by atoms with E-state index in [1.165, 1.54) is 32.2 Å². The molecule has 0 saturated heterocycles. The van der Waals surface area contributed by atoms with Crippen molar-refractivity contribution in [1.29, 1.82) is 0 Å². The van der Waals surface area contributed by atoms with E-state index in [1.54, 1.807) is 13.0 Å². The zero-order chi connectivity index (χ0) is 30.5. The van der Waals surface area contributed by atoms with Gasteiger partial charge in [-0.2, -0.15) is 13.2 Å². The SMILES string of the molecule is CCOC(=O)c1c(NC(=O)CCCS(=O)(=O)c2nc(-c3ccccc3OC)cc(C(F)(F)F)n2)sc(C(N)=O)c1C. The predicted octanol–water partition coefficient (Wildman–Crippen LogP) is 4.01. The summed E-state index contributed by atoms with van der Waals surface area (Å²) in [6, 6.07) is 6.62. The fourth-order valence-electron chi connectivity index (χ4n) is 3.69. The van der Waals surface area contributed by atoms with Crippen LogP contribution >= 0.6 is 11.3 Å². The topological polar surface area (TPSA) is 168 Å². The average molecular weight is 615 g/mol. The Hall–Kier alpha value is -4.05. The van der Waals surface area contributed by atoms with Gasteiger partial charge in [0.05, 0.1) is 35.6 Å². The van der Waals surface area contributed by atoms with Crippen LogP contribution in [-0.4, -0.2) is 55.6 Å². The third kappa shape index (κ3) is 7.38. The molecule has 0 unspecified atom stereocenters. The largest absolute Gasteiger partial charge is 0.496 e. The number of carbonyl (C=O) groups excluding carboxylic acids is 3. The van der Waals surface area contributed by atoms with Gasteiger partial charge in [0.1, 0.15) is 16.4 Å². The number of rotatable bonds is 11. The summed E-state index contributed by atoms with van der Waals surface area (Å²) in [5.41, 5.74) is 3.83. The molecule has 41 heavy (non-hydrogen) atoms. The van der Waals surface area contributed by atoms with Crippen molar-refractivity contribution < 1.29 is 45.4 Å². The number of hydrogen-bond acceptors (Lipinski definition) is 10. The van der Waals surface area contributed by atoms with Gasteiger partial charge in [-0.3, -0.25) is 9.59 Å². The van der Waals surface area contributed by atoms with Gasteiger partial charge in [0, 0.05) is 12.0 Å². The Labute approximate surface area is 236 Å². The molecule has 0 saturated carbocycles. The summed E-state index contributed by atoms with van der Waals surface area (Å²) in [4.78, 5) is 43.8. The molecule has 2 aromatic heterocycles. The summed E-state index contributed by atoms with van der Waals surface area (Å²) in [6.45, 7) is 3.06. The summed E-state index contributed by atoms with van der Waals surface area (Å²) in [5, 5.41) is 1.38. The number of primary amides is 1. The van der Waals surface area contributed by atoms with Crippen LogP contribution in [0.3, 0.4) is 0 Å². The van der Waals surface area contributed by atoms with Crippen molar-refractivity contribution in [2.24, 2.45) is 5.73 Å². The highest BCUT2D eigenvalue weighted by Gasteiger charge is 2.36. The third-order valence-corrected chi connectivity index (χ3v) is 8.36. The Morgan fingerprint density at radius 1 is 1.15 bits per heavy atom. The van der Waals surface area contributed by atoms with Crippen molar-refractivity contribution >= 4 is 44.0 Å². The number of nitrogens with two attached hydrogens (primary N) is 1. The minimum atomic E-state index is -4.97. The number of ether oxygens (including phenoxy) is 2. The van der Waals surface area contributed by atoms with Crippen LogP contribution in [0.4, 0.5) is 18.2 Å². The number of anilines is 1. The van der Waals surface area contributed by atoms with Gasteiger partial charge in [-0.05, 0) is 44.0 Å². The lowest BCUT2D eigenvalue weighted by atomic mass is 10.1. The third-order valence-electron chi connectivity index (χ3n) is 5.58. The lowest BCUT2D eigenvalue weighted by Crippen LogP contribution is -2.19. The smallest absolute Gasteiger partial charge is 0.433 e. The number of para-hydroxylation sites is 1. The molecule has 0 fully saturated rings. The summed E-state index contributed by atoms with van der Waals surface area (Å²) < 4.78 is 76.8. The second-order valence-corrected chi connectivity index (χ2v) is 11.5. The van der Waals surface area contributed by atoms with Crippen molar-refractivity contribution in [2.75, 3.05) is 24.8 Å². The number of nitrogens with one attached hydrogen (secondary N) is 1. The number of hydrogen-bond donors (Lipinski definition) is 2. The molecule has 3 N–H and O–H groups in total. The van der Waals surface area contributed by atoms with E-state index in [1.807, 2.05) is 0 Å². The number of carbonyl (C=O) groups is 3. The lowest BCUT2D eigenvalue weighted by molar-refractivity contribution is -0.141. The number of nitrogens with zero attached hydrogens (tertiary/aromatic N) is 2. The number of aromatic nitrogens is 2. The molecule has 0 aliphatic carbocycles. The zero-order valence-corrected chi connectivity index (χ0v) is 23.6. The Kier molecular flexibility index (Phi) is 9.70. The molecule has 0 bridgehead atoms. The number of sulfone groups is 1. The Bertz CT molecular complexity index is 1590. The number of alkyl halides is 3. The van der Waals surface area contributed by atoms with E-state index in [9.17, 15) is 36.0 Å². The van der Waals surface area contributed by atoms with Crippen LogP contribution in [0, 0.1) is 6.92 Å². The van der Waals surface area contributed by atoms with Crippen molar-refractivity contribution in [3.63, 3.8) is 0 Å². The van der Waals surface area contributed by atoms with Gasteiger partial charge in [-0.15, -0.1) is 11.3 Å². The highest BCUT2D eigenvalue weighted by Crippen LogP contribution is 2.35. The Morgan fingerprint density at radius 2 is 1.83 bits per heavy atom. The highest BCUT2D eigenvalue weighted by molar-refractivity contribution is 7.91. The standard InChI is InChI=1S/C25H25F3N4O7S2/c1-4-39-23(35)19-13(2)20(21(29)34)40-22(19)32-18(33)10-7-11-41(36,37)24-30-15(12-17(31-24)25(26,27)28)14-8-5-6-9-16(14)38-3/h5-6,8-9,12H,4,7,10-11H2,1-3H3,(H2,29,34)(H,32,33). The van der Waals surface area contributed by atoms with Crippen molar-refractivity contribution in [1.82, 2.24) is 9.97 Å². The van der Waals surface area contributed by atoms with Gasteiger partial charge < -0.3 is 20.5 Å². The Morgan fingerprint density at radius 3 is 2.44 bits per heavy atom. The second kappa shape index (κ2) is 12.6. The van der Waals surface area contributed by atoms with Crippen LogP contribution in [0.1, 0.15) is 51.1 Å². The minimum absolute atomic E-state index is 0.00901. The zero-order valence-electron chi connectivity index (χ0n) is 22.0. The summed E-state index contributed by atoms with van der Waals surface area (Å²) in [5.74, 6) is -2.92. The molecule has 0 aliphatic heterocycles. The van der Waals surface area contributed by atoms with E-state index < -0.39 is 56.8 Å². The molecule has 220 valence electrons. The van der Waals surface area contributed by atoms with Gasteiger partial charge in [0.15, 0.2) is 0 Å². The lowest BCUT2D eigenvalue weighted by Gasteiger charge is -2.13. The molecule has 0 radical (unpaired) electrons. The molecule has 1 aromatic carbocycles. The van der Waals surface area contributed by atoms with Gasteiger partial charge in [0.25, 0.3) is 5.91 Å². The van der Waals surface area contributed by atoms with Crippen LogP contribution in [0.25, 0.3) is 11.3 Å². The summed E-state index contributed by atoms with van der Waals surface area (Å²) in [6.07, 6.45) is -5.69. The van der Waals surface area contributed by atoms with E-state index in [2.05, 4.69) is 15.3 Å².